The minimum atomic E-state index is -3.31. The van der Waals surface area contributed by atoms with E-state index in [9.17, 15) is 13.2 Å². The van der Waals surface area contributed by atoms with Crippen LogP contribution in [-0.4, -0.2) is 33.8 Å². The summed E-state index contributed by atoms with van der Waals surface area (Å²) in [5.74, 6) is 0. The Morgan fingerprint density at radius 2 is 1.68 bits per heavy atom. The molecule has 0 fully saturated rings. The number of sulfone groups is 1. The highest BCUT2D eigenvalue weighted by Gasteiger charge is 2.19. The minimum absolute atomic E-state index is 0.00813. The standard InChI is InChI=1S/C26H24N4O3S/c1-17(2)30-23-12-13-27-15-24(23)29(26(30)31)16-22-25(21-7-5-4-6-19(21)14-28-22)18-8-10-20(11-9-18)34(3,32)33/h4-15,17H,16H2,1-3H3. The minimum Gasteiger partial charge on any atom is -0.289 e. The molecule has 3 aromatic heterocycles. The smallest absolute Gasteiger partial charge is 0.289 e. The molecule has 0 radical (unpaired) electrons. The zero-order valence-corrected chi connectivity index (χ0v) is 20.0. The third-order valence-electron chi connectivity index (χ3n) is 6.04. The molecule has 0 aliphatic carbocycles. The molecule has 2 aromatic carbocycles. The number of hydrogen-bond donors (Lipinski definition) is 0. The summed E-state index contributed by atoms with van der Waals surface area (Å²) in [5, 5.41) is 1.95. The average Bonchev–Trinajstić information content (AvgIpc) is 3.10. The van der Waals surface area contributed by atoms with E-state index in [0.717, 1.165) is 38.6 Å². The average molecular weight is 473 g/mol. The van der Waals surface area contributed by atoms with Gasteiger partial charge in [-0.15, -0.1) is 0 Å². The molecule has 172 valence electrons. The fourth-order valence-electron chi connectivity index (χ4n) is 4.44. The second kappa shape index (κ2) is 8.22. The van der Waals surface area contributed by atoms with E-state index < -0.39 is 9.84 Å². The van der Waals surface area contributed by atoms with Gasteiger partial charge in [0.25, 0.3) is 0 Å². The van der Waals surface area contributed by atoms with Gasteiger partial charge < -0.3 is 0 Å². The van der Waals surface area contributed by atoms with Crippen molar-refractivity contribution in [1.29, 1.82) is 0 Å². The summed E-state index contributed by atoms with van der Waals surface area (Å²) >= 11 is 0. The normalized spacial score (nSPS) is 12.1. The first kappa shape index (κ1) is 22.0. The maximum absolute atomic E-state index is 13.4. The van der Waals surface area contributed by atoms with Crippen LogP contribution in [0.3, 0.4) is 0 Å². The number of imidazole rings is 1. The van der Waals surface area contributed by atoms with Gasteiger partial charge >= 0.3 is 5.69 Å². The van der Waals surface area contributed by atoms with Gasteiger partial charge in [0.2, 0.25) is 0 Å². The van der Waals surface area contributed by atoms with Crippen LogP contribution in [-0.2, 0) is 16.4 Å². The summed E-state index contributed by atoms with van der Waals surface area (Å²) in [6, 6.07) is 16.6. The van der Waals surface area contributed by atoms with E-state index in [4.69, 9.17) is 4.98 Å². The number of hydrogen-bond acceptors (Lipinski definition) is 5. The summed E-state index contributed by atoms with van der Waals surface area (Å²) in [5.41, 5.74) is 3.89. The lowest BCUT2D eigenvalue weighted by Crippen LogP contribution is -2.26. The molecule has 0 N–H and O–H groups in total. The number of rotatable bonds is 5. The predicted molar refractivity (Wildman–Crippen MR) is 134 cm³/mol. The van der Waals surface area contributed by atoms with Gasteiger partial charge in [-0.2, -0.15) is 0 Å². The molecular weight excluding hydrogens is 448 g/mol. The van der Waals surface area contributed by atoms with E-state index in [1.54, 1.807) is 45.8 Å². The fourth-order valence-corrected chi connectivity index (χ4v) is 5.07. The van der Waals surface area contributed by atoms with Crippen LogP contribution in [0.25, 0.3) is 32.9 Å². The van der Waals surface area contributed by atoms with Gasteiger partial charge in [0.15, 0.2) is 9.84 Å². The summed E-state index contributed by atoms with van der Waals surface area (Å²) in [7, 11) is -3.31. The number of aromatic nitrogens is 4. The van der Waals surface area contributed by atoms with E-state index in [1.807, 2.05) is 50.4 Å². The maximum atomic E-state index is 13.4. The van der Waals surface area contributed by atoms with Crippen molar-refractivity contribution in [3.05, 3.63) is 89.4 Å². The molecule has 0 unspecified atom stereocenters. The summed E-state index contributed by atoms with van der Waals surface area (Å²) in [6.07, 6.45) is 6.40. The third kappa shape index (κ3) is 3.70. The molecule has 0 bridgehead atoms. The van der Waals surface area contributed by atoms with E-state index in [2.05, 4.69) is 4.98 Å². The molecule has 0 saturated carbocycles. The molecule has 8 heteroatoms. The van der Waals surface area contributed by atoms with Crippen molar-refractivity contribution in [2.45, 2.75) is 31.3 Å². The highest BCUT2D eigenvalue weighted by Crippen LogP contribution is 2.32. The highest BCUT2D eigenvalue weighted by atomic mass is 32.2. The SMILES string of the molecule is CC(C)n1c(=O)n(Cc2ncc3ccccc3c2-c2ccc(S(C)(=O)=O)cc2)c2cnccc21. The van der Waals surface area contributed by atoms with Gasteiger partial charge in [-0.05, 0) is 43.0 Å². The zero-order chi connectivity index (χ0) is 24.0. The molecule has 5 rings (SSSR count). The zero-order valence-electron chi connectivity index (χ0n) is 19.1. The van der Waals surface area contributed by atoms with Crippen LogP contribution in [0.1, 0.15) is 25.6 Å². The Morgan fingerprint density at radius 3 is 2.38 bits per heavy atom. The molecule has 3 heterocycles. The van der Waals surface area contributed by atoms with E-state index >= 15 is 0 Å². The molecule has 0 aliphatic heterocycles. The van der Waals surface area contributed by atoms with Gasteiger partial charge in [-0.1, -0.05) is 36.4 Å². The molecule has 0 saturated heterocycles. The van der Waals surface area contributed by atoms with Crippen molar-refractivity contribution in [1.82, 2.24) is 19.1 Å². The lowest BCUT2D eigenvalue weighted by molar-refractivity contribution is 0.574. The first-order valence-corrected chi connectivity index (χ1v) is 12.9. The molecule has 34 heavy (non-hydrogen) atoms. The van der Waals surface area contributed by atoms with Gasteiger partial charge in [0.1, 0.15) is 0 Å². The highest BCUT2D eigenvalue weighted by molar-refractivity contribution is 7.90. The summed E-state index contributed by atoms with van der Waals surface area (Å²) in [4.78, 5) is 22.6. The van der Waals surface area contributed by atoms with Crippen molar-refractivity contribution in [2.24, 2.45) is 0 Å². The lowest BCUT2D eigenvalue weighted by atomic mass is 9.97. The molecule has 7 nitrogen and oxygen atoms in total. The number of nitrogens with zero attached hydrogens (tertiary/aromatic N) is 4. The molecule has 0 atom stereocenters. The largest absolute Gasteiger partial charge is 0.329 e. The van der Waals surface area contributed by atoms with Gasteiger partial charge in [0.05, 0.1) is 34.4 Å². The number of fused-ring (bicyclic) bond motifs is 2. The Morgan fingerprint density at radius 1 is 0.941 bits per heavy atom. The van der Waals surface area contributed by atoms with Crippen molar-refractivity contribution in [2.75, 3.05) is 6.26 Å². The van der Waals surface area contributed by atoms with Crippen molar-refractivity contribution in [3.63, 3.8) is 0 Å². The van der Waals surface area contributed by atoms with Crippen molar-refractivity contribution >= 4 is 31.6 Å². The molecule has 0 aliphatic rings. The van der Waals surface area contributed by atoms with Gasteiger partial charge in [-0.3, -0.25) is 19.1 Å². The Hall–Kier alpha value is -3.78. The van der Waals surface area contributed by atoms with Gasteiger partial charge in [0, 0.05) is 35.6 Å². The first-order chi connectivity index (χ1) is 16.3. The predicted octanol–water partition coefficient (Wildman–Crippen LogP) is 4.45. The van der Waals surface area contributed by atoms with E-state index in [1.165, 1.54) is 6.26 Å². The van der Waals surface area contributed by atoms with Crippen LogP contribution in [0, 0.1) is 0 Å². The molecule has 5 aromatic rings. The maximum Gasteiger partial charge on any atom is 0.329 e. The Kier molecular flexibility index (Phi) is 5.32. The Bertz CT molecular complexity index is 1700. The monoisotopic (exact) mass is 472 g/mol. The van der Waals surface area contributed by atoms with E-state index in [0.29, 0.717) is 0 Å². The summed E-state index contributed by atoms with van der Waals surface area (Å²) < 4.78 is 27.4. The Labute approximate surface area is 197 Å². The first-order valence-electron chi connectivity index (χ1n) is 11.0. The van der Waals surface area contributed by atoms with Crippen LogP contribution in [0.2, 0.25) is 0 Å². The second-order valence-electron chi connectivity index (χ2n) is 8.66. The van der Waals surface area contributed by atoms with Crippen LogP contribution in [0.4, 0.5) is 0 Å². The van der Waals surface area contributed by atoms with Gasteiger partial charge in [-0.25, -0.2) is 13.2 Å². The van der Waals surface area contributed by atoms with E-state index in [-0.39, 0.29) is 23.2 Å². The van der Waals surface area contributed by atoms with Crippen LogP contribution >= 0.6 is 0 Å². The van der Waals surface area contributed by atoms with Crippen LogP contribution < -0.4 is 5.69 Å². The van der Waals surface area contributed by atoms with Crippen molar-refractivity contribution < 1.29 is 8.42 Å². The fraction of sp³-hybridized carbons (Fsp3) is 0.192. The Balaban J connectivity index is 1.74. The van der Waals surface area contributed by atoms with Crippen LogP contribution in [0.15, 0.2) is 82.9 Å². The van der Waals surface area contributed by atoms with Crippen molar-refractivity contribution in [3.8, 4) is 11.1 Å². The quantitative estimate of drug-likeness (QED) is 0.377. The second-order valence-corrected chi connectivity index (χ2v) is 10.7. The van der Waals surface area contributed by atoms with Crippen LogP contribution in [0.5, 0.6) is 0 Å². The third-order valence-corrected chi connectivity index (χ3v) is 7.17. The molecule has 0 spiro atoms. The number of benzene rings is 2. The molecule has 0 amide bonds. The lowest BCUT2D eigenvalue weighted by Gasteiger charge is -2.14. The molecular formula is C26H24N4O3S. The topological polar surface area (TPSA) is 86.9 Å². The number of pyridine rings is 2. The summed E-state index contributed by atoms with van der Waals surface area (Å²) in [6.45, 7) is 4.22.